The molecule has 0 saturated heterocycles. The van der Waals surface area contributed by atoms with Crippen molar-refractivity contribution < 1.29 is 14.3 Å². The van der Waals surface area contributed by atoms with Crippen molar-refractivity contribution in [3.8, 4) is 11.5 Å². The molecule has 2 aromatic carbocycles. The van der Waals surface area contributed by atoms with Gasteiger partial charge in [-0.3, -0.25) is 9.59 Å². The second-order valence-electron chi connectivity index (χ2n) is 7.19. The number of ether oxygens (including phenoxy) is 2. The fourth-order valence-corrected chi connectivity index (χ4v) is 3.30. The third-order valence-corrected chi connectivity index (χ3v) is 4.83. The number of hydrogen-bond donors (Lipinski definition) is 1. The van der Waals surface area contributed by atoms with E-state index in [1.807, 2.05) is 32.0 Å². The molecule has 1 aliphatic heterocycles. The molecule has 0 spiro atoms. The van der Waals surface area contributed by atoms with Gasteiger partial charge in [0.25, 0.3) is 11.5 Å². The van der Waals surface area contributed by atoms with Crippen molar-refractivity contribution in [2.24, 2.45) is 0 Å². The normalized spacial score (nSPS) is 13.9. The van der Waals surface area contributed by atoms with Crippen molar-refractivity contribution in [3.05, 3.63) is 87.3 Å². The first-order chi connectivity index (χ1) is 13.8. The quantitative estimate of drug-likeness (QED) is 0.695. The molecule has 1 aliphatic rings. The van der Waals surface area contributed by atoms with Crippen molar-refractivity contribution in [1.82, 2.24) is 4.57 Å². The first-order valence-electron chi connectivity index (χ1n) is 9.08. The number of carbonyl (C=O) groups is 1. The van der Waals surface area contributed by atoms with Crippen molar-refractivity contribution in [2.45, 2.75) is 26.2 Å². The first-order valence-corrected chi connectivity index (χ1v) is 9.46. The highest BCUT2D eigenvalue weighted by atomic mass is 35.5. The lowest BCUT2D eigenvalue weighted by Gasteiger charge is -2.16. The van der Waals surface area contributed by atoms with Gasteiger partial charge >= 0.3 is 0 Å². The van der Waals surface area contributed by atoms with E-state index in [0.29, 0.717) is 27.8 Å². The molecular weight excluding hydrogens is 392 g/mol. The van der Waals surface area contributed by atoms with Crippen LogP contribution in [0.5, 0.6) is 11.5 Å². The second-order valence-corrected chi connectivity index (χ2v) is 7.60. The largest absolute Gasteiger partial charge is 0.449 e. The van der Waals surface area contributed by atoms with E-state index in [0.717, 1.165) is 5.56 Å². The van der Waals surface area contributed by atoms with Gasteiger partial charge in [0.2, 0.25) is 5.79 Å². The van der Waals surface area contributed by atoms with Crippen LogP contribution in [-0.4, -0.2) is 16.3 Å². The maximum atomic E-state index is 12.7. The van der Waals surface area contributed by atoms with Crippen molar-refractivity contribution in [3.63, 3.8) is 0 Å². The zero-order chi connectivity index (χ0) is 20.6. The average Bonchev–Trinajstić information content (AvgIpc) is 2.98. The van der Waals surface area contributed by atoms with Gasteiger partial charge in [-0.25, -0.2) is 0 Å². The number of amides is 1. The highest BCUT2D eigenvalue weighted by Crippen LogP contribution is 2.40. The van der Waals surface area contributed by atoms with Gasteiger partial charge in [-0.2, -0.15) is 0 Å². The summed E-state index contributed by atoms with van der Waals surface area (Å²) in [5, 5.41) is 3.39. The Morgan fingerprint density at radius 2 is 1.83 bits per heavy atom. The number of carbonyl (C=O) groups excluding carboxylic acids is 1. The first kappa shape index (κ1) is 19.1. The summed E-state index contributed by atoms with van der Waals surface area (Å²) in [5.41, 5.74) is 1.51. The van der Waals surface area contributed by atoms with E-state index >= 15 is 0 Å². The van der Waals surface area contributed by atoms with Gasteiger partial charge in [0.1, 0.15) is 0 Å². The number of rotatable bonds is 4. The number of aromatic nitrogens is 1. The van der Waals surface area contributed by atoms with Crippen molar-refractivity contribution in [1.29, 1.82) is 0 Å². The molecule has 0 saturated carbocycles. The standard InChI is InChI=1S/C22H19ClN2O4/c1-22(2)28-18-9-8-16(11-19(18)29-22)24-21(27)15-7-10-20(26)25(13-15)12-14-5-3-4-6-17(14)23/h3-11,13H,12H2,1-2H3,(H,24,27). The highest BCUT2D eigenvalue weighted by molar-refractivity contribution is 6.31. The van der Waals surface area contributed by atoms with Crippen LogP contribution in [-0.2, 0) is 6.54 Å². The Morgan fingerprint density at radius 1 is 1.07 bits per heavy atom. The molecule has 0 bridgehead atoms. The van der Waals surface area contributed by atoms with Crippen LogP contribution in [0.25, 0.3) is 0 Å². The minimum Gasteiger partial charge on any atom is -0.449 e. The van der Waals surface area contributed by atoms with Gasteiger partial charge in [-0.1, -0.05) is 29.8 Å². The Morgan fingerprint density at radius 3 is 2.62 bits per heavy atom. The predicted octanol–water partition coefficient (Wildman–Crippen LogP) is 4.31. The number of hydrogen-bond acceptors (Lipinski definition) is 4. The lowest BCUT2D eigenvalue weighted by molar-refractivity contribution is -0.0431. The number of pyridine rings is 1. The van der Waals surface area contributed by atoms with Crippen LogP contribution in [0.1, 0.15) is 29.8 Å². The van der Waals surface area contributed by atoms with E-state index in [1.165, 1.54) is 22.9 Å². The number of anilines is 1. The molecule has 7 heteroatoms. The number of nitrogens with one attached hydrogen (secondary N) is 1. The molecule has 3 aromatic rings. The molecule has 1 aromatic heterocycles. The van der Waals surface area contributed by atoms with E-state index in [-0.39, 0.29) is 18.0 Å². The number of nitrogens with zero attached hydrogens (tertiary/aromatic N) is 1. The van der Waals surface area contributed by atoms with E-state index in [1.54, 1.807) is 24.3 Å². The fourth-order valence-electron chi connectivity index (χ4n) is 3.10. The van der Waals surface area contributed by atoms with Gasteiger partial charge in [0, 0.05) is 42.9 Å². The SMILES string of the molecule is CC1(C)Oc2ccc(NC(=O)c3ccc(=O)n(Cc4ccccc4Cl)c3)cc2O1. The summed E-state index contributed by atoms with van der Waals surface area (Å²) in [5.74, 6) is 0.118. The number of halogens is 1. The summed E-state index contributed by atoms with van der Waals surface area (Å²) < 4.78 is 12.8. The summed E-state index contributed by atoms with van der Waals surface area (Å²) in [7, 11) is 0. The van der Waals surface area contributed by atoms with Crippen LogP contribution in [0.3, 0.4) is 0 Å². The smallest absolute Gasteiger partial charge is 0.257 e. The molecule has 29 heavy (non-hydrogen) atoms. The monoisotopic (exact) mass is 410 g/mol. The lowest BCUT2D eigenvalue weighted by Crippen LogP contribution is -2.29. The molecule has 0 atom stereocenters. The molecule has 0 unspecified atom stereocenters. The Hall–Kier alpha value is -3.25. The minimum absolute atomic E-state index is 0.216. The molecule has 1 amide bonds. The van der Waals surface area contributed by atoms with Crippen LogP contribution in [0.2, 0.25) is 5.02 Å². The lowest BCUT2D eigenvalue weighted by atomic mass is 10.2. The third-order valence-electron chi connectivity index (χ3n) is 4.46. The van der Waals surface area contributed by atoms with Crippen molar-refractivity contribution >= 4 is 23.2 Å². The van der Waals surface area contributed by atoms with Gasteiger partial charge in [0.05, 0.1) is 12.1 Å². The zero-order valence-corrected chi connectivity index (χ0v) is 16.7. The molecule has 1 N–H and O–H groups in total. The van der Waals surface area contributed by atoms with Gasteiger partial charge in [0.15, 0.2) is 11.5 Å². The van der Waals surface area contributed by atoms with Gasteiger partial charge < -0.3 is 19.4 Å². The van der Waals surface area contributed by atoms with E-state index < -0.39 is 5.79 Å². The number of benzene rings is 2. The van der Waals surface area contributed by atoms with Gasteiger partial charge in [-0.15, -0.1) is 0 Å². The summed E-state index contributed by atoms with van der Waals surface area (Å²) in [6, 6.07) is 15.3. The summed E-state index contributed by atoms with van der Waals surface area (Å²) >= 11 is 6.19. The topological polar surface area (TPSA) is 69.6 Å². The Labute approximate surface area is 172 Å². The maximum Gasteiger partial charge on any atom is 0.257 e. The Balaban J connectivity index is 1.54. The molecule has 0 radical (unpaired) electrons. The van der Waals surface area contributed by atoms with Crippen LogP contribution >= 0.6 is 11.6 Å². The molecular formula is C22H19ClN2O4. The second kappa shape index (κ2) is 7.29. The maximum absolute atomic E-state index is 12.7. The van der Waals surface area contributed by atoms with Crippen molar-refractivity contribution in [2.75, 3.05) is 5.32 Å². The van der Waals surface area contributed by atoms with Gasteiger partial charge in [-0.05, 0) is 29.8 Å². The molecule has 2 heterocycles. The molecule has 4 rings (SSSR count). The highest BCUT2D eigenvalue weighted by Gasteiger charge is 2.31. The fraction of sp³-hybridized carbons (Fsp3) is 0.182. The number of fused-ring (bicyclic) bond motifs is 1. The van der Waals surface area contributed by atoms with Crippen LogP contribution < -0.4 is 20.3 Å². The Kier molecular flexibility index (Phi) is 4.80. The molecule has 148 valence electrons. The molecule has 0 fully saturated rings. The van der Waals surface area contributed by atoms with E-state index in [4.69, 9.17) is 21.1 Å². The van der Waals surface area contributed by atoms with E-state index in [2.05, 4.69) is 5.32 Å². The molecule has 6 nitrogen and oxygen atoms in total. The minimum atomic E-state index is -0.737. The summed E-state index contributed by atoms with van der Waals surface area (Å²) in [4.78, 5) is 24.9. The summed E-state index contributed by atoms with van der Waals surface area (Å²) in [6.07, 6.45) is 1.52. The zero-order valence-electron chi connectivity index (χ0n) is 15.9. The Bertz CT molecular complexity index is 1150. The van der Waals surface area contributed by atoms with E-state index in [9.17, 15) is 9.59 Å². The predicted molar refractivity (Wildman–Crippen MR) is 111 cm³/mol. The van der Waals surface area contributed by atoms with Crippen LogP contribution in [0, 0.1) is 0 Å². The van der Waals surface area contributed by atoms with Crippen LogP contribution in [0.15, 0.2) is 65.6 Å². The molecule has 0 aliphatic carbocycles. The average molecular weight is 411 g/mol. The summed E-state index contributed by atoms with van der Waals surface area (Å²) in [6.45, 7) is 3.90. The third kappa shape index (κ3) is 4.12. The van der Waals surface area contributed by atoms with Crippen LogP contribution in [0.4, 0.5) is 5.69 Å².